The average Bonchev–Trinajstić information content (AvgIpc) is 2.44. The van der Waals surface area contributed by atoms with Gasteiger partial charge >= 0.3 is 0 Å². The van der Waals surface area contributed by atoms with Gasteiger partial charge in [-0.05, 0) is 24.3 Å². The summed E-state index contributed by atoms with van der Waals surface area (Å²) in [4.78, 5) is 24.5. The molecule has 0 N–H and O–H groups in total. The normalized spacial score (nSPS) is 10.7. The second-order valence-electron chi connectivity index (χ2n) is 3.96. The summed E-state index contributed by atoms with van der Waals surface area (Å²) in [5.74, 6) is 0. The van der Waals surface area contributed by atoms with Crippen molar-refractivity contribution in [2.24, 2.45) is 7.05 Å². The van der Waals surface area contributed by atoms with Crippen molar-refractivity contribution in [3.8, 4) is 11.3 Å². The minimum absolute atomic E-state index is 0.143. The number of hydrogen-bond donors (Lipinski definition) is 0. The molecular formula is C13H10N4O. The topological polar surface area (TPSA) is 60.7 Å². The molecule has 5 heteroatoms. The molecule has 0 fully saturated rings. The highest BCUT2D eigenvalue weighted by molar-refractivity contribution is 5.76. The molecule has 0 amide bonds. The molecule has 0 saturated carbocycles. The van der Waals surface area contributed by atoms with Crippen LogP contribution in [0.15, 0.2) is 47.8 Å². The number of fused-ring (bicyclic) bond motifs is 1. The number of rotatable bonds is 1. The van der Waals surface area contributed by atoms with E-state index in [4.69, 9.17) is 0 Å². The number of aromatic nitrogens is 4. The molecule has 0 aromatic carbocycles. The van der Waals surface area contributed by atoms with Gasteiger partial charge in [0.2, 0.25) is 0 Å². The Bertz CT molecular complexity index is 765. The lowest BCUT2D eigenvalue weighted by Crippen LogP contribution is -2.18. The van der Waals surface area contributed by atoms with E-state index in [9.17, 15) is 4.79 Å². The third-order valence-electron chi connectivity index (χ3n) is 2.74. The van der Waals surface area contributed by atoms with Crippen LogP contribution in [0.5, 0.6) is 0 Å². The summed E-state index contributed by atoms with van der Waals surface area (Å²) in [5.41, 5.74) is 2.52. The minimum atomic E-state index is -0.143. The molecule has 3 rings (SSSR count). The summed E-state index contributed by atoms with van der Waals surface area (Å²) in [5, 5.41) is 0. The summed E-state index contributed by atoms with van der Waals surface area (Å²) in [6.45, 7) is 0. The van der Waals surface area contributed by atoms with Crippen molar-refractivity contribution in [3.05, 3.63) is 53.3 Å². The first-order chi connectivity index (χ1) is 8.75. The van der Waals surface area contributed by atoms with Crippen LogP contribution in [-0.2, 0) is 7.05 Å². The number of pyridine rings is 2. The van der Waals surface area contributed by atoms with E-state index in [0.29, 0.717) is 11.0 Å². The highest BCUT2D eigenvalue weighted by atomic mass is 16.1. The average molecular weight is 238 g/mol. The van der Waals surface area contributed by atoms with E-state index in [1.165, 1.54) is 10.9 Å². The SMILES string of the molecule is Cn1cnc2ccc(-c3ccncc3)nc2c1=O. The van der Waals surface area contributed by atoms with E-state index in [2.05, 4.69) is 15.0 Å². The van der Waals surface area contributed by atoms with Crippen LogP contribution in [0.2, 0.25) is 0 Å². The van der Waals surface area contributed by atoms with Crippen molar-refractivity contribution in [1.82, 2.24) is 19.5 Å². The molecule has 18 heavy (non-hydrogen) atoms. The smallest absolute Gasteiger partial charge is 0.279 e. The molecular weight excluding hydrogens is 228 g/mol. The van der Waals surface area contributed by atoms with Crippen molar-refractivity contribution < 1.29 is 0 Å². The molecule has 0 aliphatic carbocycles. The van der Waals surface area contributed by atoms with Gasteiger partial charge in [0.1, 0.15) is 0 Å². The van der Waals surface area contributed by atoms with Crippen molar-refractivity contribution in [2.75, 3.05) is 0 Å². The summed E-state index contributed by atoms with van der Waals surface area (Å²) in [6.07, 6.45) is 4.89. The van der Waals surface area contributed by atoms with Crippen LogP contribution in [-0.4, -0.2) is 19.5 Å². The summed E-state index contributed by atoms with van der Waals surface area (Å²) in [6, 6.07) is 7.37. The Morgan fingerprint density at radius 3 is 2.67 bits per heavy atom. The number of hydrogen-bond acceptors (Lipinski definition) is 4. The van der Waals surface area contributed by atoms with E-state index in [-0.39, 0.29) is 5.56 Å². The second kappa shape index (κ2) is 4.03. The quantitative estimate of drug-likeness (QED) is 0.642. The molecule has 3 heterocycles. The van der Waals surface area contributed by atoms with Gasteiger partial charge in [0.15, 0.2) is 5.52 Å². The Balaban J connectivity index is 2.29. The summed E-state index contributed by atoms with van der Waals surface area (Å²) < 4.78 is 1.42. The molecule has 0 saturated heterocycles. The van der Waals surface area contributed by atoms with Gasteiger partial charge < -0.3 is 4.57 Å². The zero-order chi connectivity index (χ0) is 12.5. The van der Waals surface area contributed by atoms with Crippen molar-refractivity contribution in [2.45, 2.75) is 0 Å². The Morgan fingerprint density at radius 2 is 1.89 bits per heavy atom. The van der Waals surface area contributed by atoms with Gasteiger partial charge in [-0.25, -0.2) is 9.97 Å². The Hall–Kier alpha value is -2.56. The van der Waals surface area contributed by atoms with Gasteiger partial charge in [-0.2, -0.15) is 0 Å². The molecule has 0 spiro atoms. The largest absolute Gasteiger partial charge is 0.301 e. The lowest BCUT2D eigenvalue weighted by atomic mass is 10.2. The maximum absolute atomic E-state index is 12.0. The van der Waals surface area contributed by atoms with E-state index in [0.717, 1.165) is 11.3 Å². The number of aryl methyl sites for hydroxylation is 1. The third-order valence-corrected chi connectivity index (χ3v) is 2.74. The molecule has 0 radical (unpaired) electrons. The first-order valence-electron chi connectivity index (χ1n) is 5.48. The van der Waals surface area contributed by atoms with Crippen LogP contribution in [0.3, 0.4) is 0 Å². The zero-order valence-corrected chi connectivity index (χ0v) is 9.74. The third kappa shape index (κ3) is 1.66. The Labute approximate surface area is 103 Å². The molecule has 0 aliphatic heterocycles. The van der Waals surface area contributed by atoms with E-state index in [1.54, 1.807) is 25.5 Å². The molecule has 0 bridgehead atoms. The maximum Gasteiger partial charge on any atom is 0.279 e. The van der Waals surface area contributed by atoms with E-state index in [1.807, 2.05) is 18.2 Å². The Morgan fingerprint density at radius 1 is 1.11 bits per heavy atom. The molecule has 0 aliphatic rings. The van der Waals surface area contributed by atoms with Gasteiger partial charge in [0.25, 0.3) is 5.56 Å². The summed E-state index contributed by atoms with van der Waals surface area (Å²) in [7, 11) is 1.66. The first-order valence-corrected chi connectivity index (χ1v) is 5.48. The zero-order valence-electron chi connectivity index (χ0n) is 9.74. The molecule has 0 atom stereocenters. The van der Waals surface area contributed by atoms with Gasteiger partial charge in [-0.15, -0.1) is 0 Å². The van der Waals surface area contributed by atoms with Crippen LogP contribution in [0, 0.1) is 0 Å². The molecule has 5 nitrogen and oxygen atoms in total. The molecule has 3 aromatic rings. The predicted molar refractivity (Wildman–Crippen MR) is 68.0 cm³/mol. The van der Waals surface area contributed by atoms with Crippen LogP contribution in [0.4, 0.5) is 0 Å². The second-order valence-corrected chi connectivity index (χ2v) is 3.96. The lowest BCUT2D eigenvalue weighted by Gasteiger charge is -2.03. The predicted octanol–water partition coefficient (Wildman–Crippen LogP) is 1.39. The fraction of sp³-hybridized carbons (Fsp3) is 0.0769. The van der Waals surface area contributed by atoms with Crippen LogP contribution >= 0.6 is 0 Å². The first kappa shape index (κ1) is 10.6. The molecule has 3 aromatic heterocycles. The Kier molecular flexibility index (Phi) is 2.37. The van der Waals surface area contributed by atoms with Crippen LogP contribution < -0.4 is 5.56 Å². The van der Waals surface area contributed by atoms with Gasteiger partial charge in [0, 0.05) is 25.0 Å². The summed E-state index contributed by atoms with van der Waals surface area (Å²) >= 11 is 0. The maximum atomic E-state index is 12.0. The van der Waals surface area contributed by atoms with E-state index < -0.39 is 0 Å². The number of nitrogens with zero attached hydrogens (tertiary/aromatic N) is 4. The van der Waals surface area contributed by atoms with Crippen molar-refractivity contribution in [1.29, 1.82) is 0 Å². The van der Waals surface area contributed by atoms with Crippen molar-refractivity contribution >= 4 is 11.0 Å². The minimum Gasteiger partial charge on any atom is -0.301 e. The highest BCUT2D eigenvalue weighted by Crippen LogP contribution is 2.17. The fourth-order valence-electron chi connectivity index (χ4n) is 1.77. The highest BCUT2D eigenvalue weighted by Gasteiger charge is 2.06. The van der Waals surface area contributed by atoms with Gasteiger partial charge in [-0.1, -0.05) is 0 Å². The molecule has 0 unspecified atom stereocenters. The van der Waals surface area contributed by atoms with Crippen LogP contribution in [0.1, 0.15) is 0 Å². The molecule has 88 valence electrons. The van der Waals surface area contributed by atoms with Gasteiger partial charge in [-0.3, -0.25) is 9.78 Å². The lowest BCUT2D eigenvalue weighted by molar-refractivity contribution is 0.839. The van der Waals surface area contributed by atoms with Crippen LogP contribution in [0.25, 0.3) is 22.3 Å². The fourth-order valence-corrected chi connectivity index (χ4v) is 1.77. The van der Waals surface area contributed by atoms with Gasteiger partial charge in [0.05, 0.1) is 17.5 Å². The standard InChI is InChI=1S/C13H10N4O/c1-17-8-15-11-3-2-10(16-12(11)13(17)18)9-4-6-14-7-5-9/h2-8H,1H3. The monoisotopic (exact) mass is 238 g/mol. The van der Waals surface area contributed by atoms with E-state index >= 15 is 0 Å². The van der Waals surface area contributed by atoms with Crippen molar-refractivity contribution in [3.63, 3.8) is 0 Å².